The Morgan fingerprint density at radius 1 is 1.25 bits per heavy atom. The van der Waals surface area contributed by atoms with Gasteiger partial charge in [-0.15, -0.1) is 0 Å². The fourth-order valence-electron chi connectivity index (χ4n) is 3.16. The lowest BCUT2D eigenvalue weighted by Gasteiger charge is -2.31. The molecule has 4 nitrogen and oxygen atoms in total. The minimum absolute atomic E-state index is 0.0223. The van der Waals surface area contributed by atoms with Crippen molar-refractivity contribution >= 4 is 5.91 Å². The van der Waals surface area contributed by atoms with Gasteiger partial charge in [0, 0.05) is 25.3 Å². The van der Waals surface area contributed by atoms with Crippen molar-refractivity contribution in [2.75, 3.05) is 26.2 Å². The number of carbonyl (C=O) groups excluding carboxylic acids is 1. The summed E-state index contributed by atoms with van der Waals surface area (Å²) in [5.41, 5.74) is 1.98. The quantitative estimate of drug-likeness (QED) is 0.720. The average Bonchev–Trinajstić information content (AvgIpc) is 2.59. The maximum absolute atomic E-state index is 12.1. The Bertz CT molecular complexity index is 491. The summed E-state index contributed by atoms with van der Waals surface area (Å²) >= 11 is 0. The molecule has 2 rings (SSSR count). The van der Waals surface area contributed by atoms with E-state index in [9.17, 15) is 9.90 Å². The lowest BCUT2D eigenvalue weighted by Crippen LogP contribution is -2.34. The molecule has 0 bridgehead atoms. The van der Waals surface area contributed by atoms with E-state index in [1.807, 2.05) is 12.1 Å². The van der Waals surface area contributed by atoms with Gasteiger partial charge in [0.15, 0.2) is 0 Å². The second-order valence-corrected chi connectivity index (χ2v) is 7.39. The van der Waals surface area contributed by atoms with E-state index < -0.39 is 0 Å². The Labute approximate surface area is 146 Å². The number of amides is 1. The van der Waals surface area contributed by atoms with Gasteiger partial charge < -0.3 is 10.4 Å². The highest BCUT2D eigenvalue weighted by molar-refractivity contribution is 5.94. The summed E-state index contributed by atoms with van der Waals surface area (Å²) in [6, 6.07) is 7.96. The van der Waals surface area contributed by atoms with Crippen LogP contribution in [0.3, 0.4) is 0 Å². The lowest BCUT2D eigenvalue weighted by molar-refractivity contribution is 0.0952. The van der Waals surface area contributed by atoms with Crippen LogP contribution in [0.2, 0.25) is 0 Å². The molecule has 1 aliphatic heterocycles. The summed E-state index contributed by atoms with van der Waals surface area (Å²) in [5.74, 6) is 1.18. The van der Waals surface area contributed by atoms with Crippen molar-refractivity contribution in [1.29, 1.82) is 0 Å². The first-order chi connectivity index (χ1) is 11.6. The van der Waals surface area contributed by atoms with Gasteiger partial charge in [0.05, 0.1) is 0 Å². The zero-order valence-corrected chi connectivity index (χ0v) is 15.1. The van der Waals surface area contributed by atoms with Gasteiger partial charge >= 0.3 is 0 Å². The summed E-state index contributed by atoms with van der Waals surface area (Å²) in [6.45, 7) is 8.48. The van der Waals surface area contributed by atoms with Gasteiger partial charge in [-0.1, -0.05) is 26.0 Å². The Balaban J connectivity index is 1.75. The fraction of sp³-hybridized carbons (Fsp3) is 0.650. The zero-order valence-electron chi connectivity index (χ0n) is 15.1. The SMILES string of the molecule is CC(C)CCCNC(=O)c1ccc(CN2CCC(CO)CC2)cc1. The fourth-order valence-corrected chi connectivity index (χ4v) is 3.16. The number of aliphatic hydroxyl groups excluding tert-OH is 1. The number of carbonyl (C=O) groups is 1. The number of nitrogens with zero attached hydrogens (tertiary/aromatic N) is 1. The van der Waals surface area contributed by atoms with Gasteiger partial charge in [-0.3, -0.25) is 9.69 Å². The number of aliphatic hydroxyl groups is 1. The van der Waals surface area contributed by atoms with E-state index in [-0.39, 0.29) is 5.91 Å². The van der Waals surface area contributed by atoms with E-state index in [2.05, 4.69) is 36.2 Å². The van der Waals surface area contributed by atoms with Crippen molar-refractivity contribution < 1.29 is 9.90 Å². The molecule has 0 radical (unpaired) electrons. The van der Waals surface area contributed by atoms with Crippen LogP contribution in [0.25, 0.3) is 0 Å². The van der Waals surface area contributed by atoms with Crippen molar-refractivity contribution in [1.82, 2.24) is 10.2 Å². The van der Waals surface area contributed by atoms with Crippen LogP contribution in [-0.4, -0.2) is 42.2 Å². The highest BCUT2D eigenvalue weighted by Gasteiger charge is 2.18. The molecule has 4 heteroatoms. The summed E-state index contributed by atoms with van der Waals surface area (Å²) in [6.07, 6.45) is 4.33. The van der Waals surface area contributed by atoms with Crippen LogP contribution in [-0.2, 0) is 6.54 Å². The molecule has 0 saturated carbocycles. The maximum Gasteiger partial charge on any atom is 0.251 e. The molecular weight excluding hydrogens is 300 g/mol. The normalized spacial score (nSPS) is 16.5. The highest BCUT2D eigenvalue weighted by atomic mass is 16.3. The van der Waals surface area contributed by atoms with Crippen molar-refractivity contribution in [2.45, 2.75) is 46.1 Å². The zero-order chi connectivity index (χ0) is 17.4. The molecular formula is C20H32N2O2. The standard InChI is InChI=1S/C20H32N2O2/c1-16(2)4-3-11-21-20(24)19-7-5-17(6-8-19)14-22-12-9-18(15-23)10-13-22/h5-8,16,18,23H,3-4,9-15H2,1-2H3,(H,21,24). The van der Waals surface area contributed by atoms with Crippen molar-refractivity contribution in [3.8, 4) is 0 Å². The summed E-state index contributed by atoms with van der Waals surface area (Å²) < 4.78 is 0. The van der Waals surface area contributed by atoms with Gasteiger partial charge in [-0.05, 0) is 68.3 Å². The van der Waals surface area contributed by atoms with Gasteiger partial charge in [0.2, 0.25) is 0 Å². The number of nitrogens with one attached hydrogen (secondary N) is 1. The number of likely N-dealkylation sites (tertiary alicyclic amines) is 1. The minimum Gasteiger partial charge on any atom is -0.396 e. The lowest BCUT2D eigenvalue weighted by atomic mass is 9.97. The minimum atomic E-state index is 0.0223. The molecule has 1 fully saturated rings. The number of hydrogen-bond acceptors (Lipinski definition) is 3. The van der Waals surface area contributed by atoms with Crippen LogP contribution in [0.15, 0.2) is 24.3 Å². The Hall–Kier alpha value is -1.39. The molecule has 24 heavy (non-hydrogen) atoms. The van der Waals surface area contributed by atoms with E-state index in [1.54, 1.807) is 0 Å². The third-order valence-corrected chi connectivity index (χ3v) is 4.83. The van der Waals surface area contributed by atoms with Crippen LogP contribution in [0.4, 0.5) is 0 Å². The number of hydrogen-bond donors (Lipinski definition) is 2. The molecule has 0 aromatic heterocycles. The van der Waals surface area contributed by atoms with E-state index in [0.717, 1.165) is 57.4 Å². The second kappa shape index (κ2) is 9.80. The first-order valence-corrected chi connectivity index (χ1v) is 9.29. The first-order valence-electron chi connectivity index (χ1n) is 9.29. The molecule has 1 saturated heterocycles. The second-order valence-electron chi connectivity index (χ2n) is 7.39. The Kier molecular flexibility index (Phi) is 7.73. The first kappa shape index (κ1) is 18.9. The molecule has 2 N–H and O–H groups in total. The third-order valence-electron chi connectivity index (χ3n) is 4.83. The van der Waals surface area contributed by atoms with E-state index in [0.29, 0.717) is 18.4 Å². The highest BCUT2D eigenvalue weighted by Crippen LogP contribution is 2.18. The molecule has 0 atom stereocenters. The summed E-state index contributed by atoms with van der Waals surface area (Å²) in [5, 5.41) is 12.2. The molecule has 1 heterocycles. The van der Waals surface area contributed by atoms with Crippen molar-refractivity contribution in [3.63, 3.8) is 0 Å². The van der Waals surface area contributed by atoms with Gasteiger partial charge in [0.25, 0.3) is 5.91 Å². The summed E-state index contributed by atoms with van der Waals surface area (Å²) in [7, 11) is 0. The van der Waals surface area contributed by atoms with Crippen LogP contribution in [0, 0.1) is 11.8 Å². The van der Waals surface area contributed by atoms with Gasteiger partial charge in [0.1, 0.15) is 0 Å². The maximum atomic E-state index is 12.1. The molecule has 134 valence electrons. The van der Waals surface area contributed by atoms with Crippen LogP contribution >= 0.6 is 0 Å². The van der Waals surface area contributed by atoms with Gasteiger partial charge in [-0.25, -0.2) is 0 Å². The number of piperidine rings is 1. The average molecular weight is 332 g/mol. The van der Waals surface area contributed by atoms with Crippen LogP contribution in [0.1, 0.15) is 55.5 Å². The largest absolute Gasteiger partial charge is 0.396 e. The Morgan fingerprint density at radius 3 is 2.50 bits per heavy atom. The van der Waals surface area contributed by atoms with Crippen molar-refractivity contribution in [3.05, 3.63) is 35.4 Å². The molecule has 0 spiro atoms. The molecule has 1 aliphatic rings. The molecule has 1 aromatic rings. The monoisotopic (exact) mass is 332 g/mol. The van der Waals surface area contributed by atoms with E-state index in [1.165, 1.54) is 5.56 Å². The van der Waals surface area contributed by atoms with E-state index >= 15 is 0 Å². The smallest absolute Gasteiger partial charge is 0.251 e. The third kappa shape index (κ3) is 6.25. The predicted octanol–water partition coefficient (Wildman–Crippen LogP) is 3.06. The topological polar surface area (TPSA) is 52.6 Å². The summed E-state index contributed by atoms with van der Waals surface area (Å²) in [4.78, 5) is 14.5. The van der Waals surface area contributed by atoms with Crippen LogP contribution < -0.4 is 5.32 Å². The van der Waals surface area contributed by atoms with Crippen LogP contribution in [0.5, 0.6) is 0 Å². The number of benzene rings is 1. The molecule has 0 unspecified atom stereocenters. The Morgan fingerprint density at radius 2 is 1.92 bits per heavy atom. The molecule has 1 aromatic carbocycles. The number of rotatable bonds is 8. The molecule has 0 aliphatic carbocycles. The predicted molar refractivity (Wildman–Crippen MR) is 97.9 cm³/mol. The van der Waals surface area contributed by atoms with Crippen molar-refractivity contribution in [2.24, 2.45) is 11.8 Å². The van der Waals surface area contributed by atoms with E-state index in [4.69, 9.17) is 0 Å². The molecule has 1 amide bonds. The van der Waals surface area contributed by atoms with Gasteiger partial charge in [-0.2, -0.15) is 0 Å².